The fourth-order valence-electron chi connectivity index (χ4n) is 1.10. The number of halogens is 1. The molecule has 0 unspecified atom stereocenters. The number of anilines is 1. The summed E-state index contributed by atoms with van der Waals surface area (Å²) in [5.41, 5.74) is 0.796. The molecule has 0 aliphatic carbocycles. The number of thiophene rings is 1. The number of aryl methyl sites for hydroxylation is 1. The van der Waals surface area contributed by atoms with E-state index in [1.807, 2.05) is 0 Å². The maximum absolute atomic E-state index is 11.8. The lowest BCUT2D eigenvalue weighted by Gasteiger charge is -2.01. The standard InChI is InChI=1S/C8H8BrN3O2S2/c1-5-4-7(11-10-5)12-16(13,14)8-3-2-6(9)15-8/h2-4H,1H3,(H2,10,11,12). The molecule has 2 N–H and O–H groups in total. The van der Waals surface area contributed by atoms with Gasteiger partial charge < -0.3 is 0 Å². The highest BCUT2D eigenvalue weighted by Gasteiger charge is 2.17. The highest BCUT2D eigenvalue weighted by Crippen LogP contribution is 2.27. The fraction of sp³-hybridized carbons (Fsp3) is 0.125. The van der Waals surface area contributed by atoms with Crippen LogP contribution in [0.25, 0.3) is 0 Å². The normalized spacial score (nSPS) is 11.6. The summed E-state index contributed by atoms with van der Waals surface area (Å²) in [6, 6.07) is 4.85. The zero-order valence-electron chi connectivity index (χ0n) is 8.19. The molecule has 16 heavy (non-hydrogen) atoms. The SMILES string of the molecule is Cc1cc(NS(=O)(=O)c2ccc(Br)s2)n[nH]1. The predicted octanol–water partition coefficient (Wildman–Crippen LogP) is 2.34. The van der Waals surface area contributed by atoms with E-state index in [-0.39, 0.29) is 4.21 Å². The summed E-state index contributed by atoms with van der Waals surface area (Å²) >= 11 is 4.37. The van der Waals surface area contributed by atoms with Crippen LogP contribution in [0.2, 0.25) is 0 Å². The van der Waals surface area contributed by atoms with E-state index in [0.29, 0.717) is 5.82 Å². The third-order valence-corrected chi connectivity index (χ3v) is 5.23. The van der Waals surface area contributed by atoms with Gasteiger partial charge in [0.2, 0.25) is 0 Å². The Morgan fingerprint density at radius 2 is 2.25 bits per heavy atom. The van der Waals surface area contributed by atoms with Gasteiger partial charge in [-0.25, -0.2) is 8.42 Å². The van der Waals surface area contributed by atoms with Crippen LogP contribution in [0.5, 0.6) is 0 Å². The van der Waals surface area contributed by atoms with Gasteiger partial charge >= 0.3 is 0 Å². The van der Waals surface area contributed by atoms with E-state index in [1.165, 1.54) is 6.07 Å². The van der Waals surface area contributed by atoms with E-state index in [9.17, 15) is 8.42 Å². The molecule has 0 bridgehead atoms. The Morgan fingerprint density at radius 3 is 2.75 bits per heavy atom. The number of nitrogens with zero attached hydrogens (tertiary/aromatic N) is 1. The van der Waals surface area contributed by atoms with E-state index in [4.69, 9.17) is 0 Å². The molecule has 0 radical (unpaired) electrons. The molecule has 86 valence electrons. The molecule has 2 aromatic rings. The maximum Gasteiger partial charge on any atom is 0.272 e. The Kier molecular flexibility index (Phi) is 3.04. The number of aromatic amines is 1. The Bertz CT molecular complexity index is 602. The van der Waals surface area contributed by atoms with Gasteiger partial charge in [0.25, 0.3) is 10.0 Å². The highest BCUT2D eigenvalue weighted by molar-refractivity contribution is 9.11. The minimum absolute atomic E-state index is 0.250. The Morgan fingerprint density at radius 1 is 1.50 bits per heavy atom. The first-order chi connectivity index (χ1) is 7.47. The van der Waals surface area contributed by atoms with Gasteiger partial charge in [-0.2, -0.15) is 5.10 Å². The molecule has 0 saturated carbocycles. The molecular formula is C8H8BrN3O2S2. The first-order valence-corrected chi connectivity index (χ1v) is 7.37. The van der Waals surface area contributed by atoms with Crippen LogP contribution < -0.4 is 4.72 Å². The third kappa shape index (κ3) is 2.45. The predicted molar refractivity (Wildman–Crippen MR) is 66.2 cm³/mol. The van der Waals surface area contributed by atoms with Crippen molar-refractivity contribution in [3.05, 3.63) is 27.7 Å². The number of H-pyrrole nitrogens is 1. The van der Waals surface area contributed by atoms with E-state index in [2.05, 4.69) is 30.8 Å². The molecular weight excluding hydrogens is 314 g/mol. The Labute approximate surface area is 105 Å². The van der Waals surface area contributed by atoms with Crippen molar-refractivity contribution in [2.24, 2.45) is 0 Å². The van der Waals surface area contributed by atoms with Crippen LogP contribution in [0.4, 0.5) is 5.82 Å². The lowest BCUT2D eigenvalue weighted by molar-refractivity contribution is 0.603. The van der Waals surface area contributed by atoms with Crippen molar-refractivity contribution in [3.8, 4) is 0 Å². The van der Waals surface area contributed by atoms with Crippen molar-refractivity contribution in [2.45, 2.75) is 11.1 Å². The van der Waals surface area contributed by atoms with Gasteiger partial charge in [0.05, 0.1) is 3.79 Å². The van der Waals surface area contributed by atoms with Crippen LogP contribution in [0.3, 0.4) is 0 Å². The summed E-state index contributed by atoms with van der Waals surface area (Å²) in [7, 11) is -3.52. The molecule has 0 saturated heterocycles. The van der Waals surface area contributed by atoms with Crippen molar-refractivity contribution in [2.75, 3.05) is 4.72 Å². The Balaban J connectivity index is 2.27. The van der Waals surface area contributed by atoms with Gasteiger partial charge in [-0.1, -0.05) is 0 Å². The fourth-order valence-corrected chi connectivity index (χ4v) is 4.10. The number of hydrogen-bond donors (Lipinski definition) is 2. The van der Waals surface area contributed by atoms with Gasteiger partial charge in [0.15, 0.2) is 5.82 Å². The average Bonchev–Trinajstić information content (AvgIpc) is 2.75. The summed E-state index contributed by atoms with van der Waals surface area (Å²) in [6.45, 7) is 1.80. The van der Waals surface area contributed by atoms with Crippen LogP contribution in [-0.2, 0) is 10.0 Å². The molecule has 0 atom stereocenters. The second kappa shape index (κ2) is 4.19. The molecule has 5 nitrogen and oxygen atoms in total. The van der Waals surface area contributed by atoms with E-state index >= 15 is 0 Å². The number of hydrogen-bond acceptors (Lipinski definition) is 4. The summed E-state index contributed by atoms with van der Waals surface area (Å²) in [6.07, 6.45) is 0. The summed E-state index contributed by atoms with van der Waals surface area (Å²) in [4.78, 5) is 0. The van der Waals surface area contributed by atoms with Gasteiger partial charge in [0.1, 0.15) is 4.21 Å². The second-order valence-corrected chi connectivity index (χ2v) is 7.47. The van der Waals surface area contributed by atoms with Crippen LogP contribution in [0.15, 0.2) is 26.2 Å². The smallest absolute Gasteiger partial charge is 0.272 e. The lowest BCUT2D eigenvalue weighted by atomic mass is 10.5. The molecule has 0 aliphatic rings. The van der Waals surface area contributed by atoms with E-state index < -0.39 is 10.0 Å². The number of aromatic nitrogens is 2. The average molecular weight is 322 g/mol. The molecule has 0 spiro atoms. The first kappa shape index (κ1) is 11.6. The van der Waals surface area contributed by atoms with Gasteiger partial charge in [-0.3, -0.25) is 9.82 Å². The molecule has 8 heteroatoms. The van der Waals surface area contributed by atoms with Gasteiger partial charge in [-0.05, 0) is 35.0 Å². The number of sulfonamides is 1. The Hall–Kier alpha value is -0.860. The second-order valence-electron chi connectivity index (χ2n) is 3.10. The third-order valence-electron chi connectivity index (χ3n) is 1.76. The molecule has 0 fully saturated rings. The molecule has 2 heterocycles. The zero-order chi connectivity index (χ0) is 11.8. The summed E-state index contributed by atoms with van der Waals surface area (Å²) < 4.78 is 27.1. The summed E-state index contributed by atoms with van der Waals surface area (Å²) in [5.74, 6) is 0.294. The largest absolute Gasteiger partial charge is 0.281 e. The molecule has 0 amide bonds. The summed E-state index contributed by atoms with van der Waals surface area (Å²) in [5, 5.41) is 6.48. The van der Waals surface area contributed by atoms with E-state index in [1.54, 1.807) is 19.1 Å². The molecule has 0 aliphatic heterocycles. The highest BCUT2D eigenvalue weighted by atomic mass is 79.9. The van der Waals surface area contributed by atoms with Crippen molar-refractivity contribution in [3.63, 3.8) is 0 Å². The van der Waals surface area contributed by atoms with Crippen molar-refractivity contribution in [1.29, 1.82) is 0 Å². The first-order valence-electron chi connectivity index (χ1n) is 4.27. The molecule has 2 rings (SSSR count). The quantitative estimate of drug-likeness (QED) is 0.911. The topological polar surface area (TPSA) is 74.8 Å². The van der Waals surface area contributed by atoms with Crippen LogP contribution in [0, 0.1) is 6.92 Å². The van der Waals surface area contributed by atoms with Crippen molar-refractivity contribution >= 4 is 43.1 Å². The van der Waals surface area contributed by atoms with Gasteiger partial charge in [-0.15, -0.1) is 11.3 Å². The van der Waals surface area contributed by atoms with Crippen LogP contribution in [0.1, 0.15) is 5.69 Å². The maximum atomic E-state index is 11.8. The lowest BCUT2D eigenvalue weighted by Crippen LogP contribution is -2.11. The van der Waals surface area contributed by atoms with E-state index in [0.717, 1.165) is 20.8 Å². The zero-order valence-corrected chi connectivity index (χ0v) is 11.4. The number of nitrogens with one attached hydrogen (secondary N) is 2. The minimum Gasteiger partial charge on any atom is -0.281 e. The number of rotatable bonds is 3. The minimum atomic E-state index is -3.52. The molecule has 0 aromatic carbocycles. The van der Waals surface area contributed by atoms with Crippen molar-refractivity contribution < 1.29 is 8.42 Å². The van der Waals surface area contributed by atoms with Crippen LogP contribution in [-0.4, -0.2) is 18.6 Å². The van der Waals surface area contributed by atoms with Gasteiger partial charge in [0, 0.05) is 11.8 Å². The molecule has 2 aromatic heterocycles. The monoisotopic (exact) mass is 321 g/mol. The van der Waals surface area contributed by atoms with Crippen LogP contribution >= 0.6 is 27.3 Å². The van der Waals surface area contributed by atoms with Crippen molar-refractivity contribution in [1.82, 2.24) is 10.2 Å².